The molecule has 0 aromatic heterocycles. The number of phenolic OH excluding ortho intramolecular Hbond substituents is 1. The first kappa shape index (κ1) is 10.1. The van der Waals surface area contributed by atoms with Gasteiger partial charge in [0.05, 0.1) is 12.7 Å². The number of carbonyl (C=O) groups is 1. The van der Waals surface area contributed by atoms with Crippen LogP contribution in [0.25, 0.3) is 0 Å². The lowest BCUT2D eigenvalue weighted by atomic mass is 10.1. The monoisotopic (exact) mass is 244 g/mol. The van der Waals surface area contributed by atoms with Crippen LogP contribution in [-0.2, 0) is 10.1 Å². The number of rotatable bonds is 2. The Morgan fingerprint density at radius 2 is 2.31 bits per heavy atom. The molecule has 0 spiro atoms. The van der Waals surface area contributed by atoms with Crippen molar-refractivity contribution in [3.8, 4) is 5.75 Å². The Morgan fingerprint density at radius 1 is 1.62 bits per heavy atom. The van der Waals surface area contributed by atoms with E-state index in [2.05, 4.69) is 20.7 Å². The quantitative estimate of drug-likeness (QED) is 0.640. The van der Waals surface area contributed by atoms with Gasteiger partial charge in [0.25, 0.3) is 0 Å². The summed E-state index contributed by atoms with van der Waals surface area (Å²) in [5, 5.41) is 9.66. The average Bonchev–Trinajstić information content (AvgIpc) is 2.16. The third kappa shape index (κ3) is 2.21. The molecule has 4 heteroatoms. The Morgan fingerprint density at radius 3 is 2.85 bits per heavy atom. The molecule has 0 aliphatic carbocycles. The van der Waals surface area contributed by atoms with Crippen molar-refractivity contribution in [2.24, 2.45) is 0 Å². The first-order valence-electron chi connectivity index (χ1n) is 3.65. The molecule has 0 fully saturated rings. The molecule has 1 N–H and O–H groups in total. The fourth-order valence-corrected chi connectivity index (χ4v) is 1.46. The maximum absolute atomic E-state index is 11.2. The number of aromatic hydroxyl groups is 1. The van der Waals surface area contributed by atoms with E-state index in [9.17, 15) is 4.79 Å². The highest BCUT2D eigenvalue weighted by molar-refractivity contribution is 9.08. The average molecular weight is 245 g/mol. The summed E-state index contributed by atoms with van der Waals surface area (Å²) in [6.07, 6.45) is 0. The highest BCUT2D eigenvalue weighted by Crippen LogP contribution is 2.19. The summed E-state index contributed by atoms with van der Waals surface area (Å²) in [7, 11) is 1.33. The molecular formula is C9H9BrO3. The summed E-state index contributed by atoms with van der Waals surface area (Å²) < 4.78 is 4.58. The normalized spacial score (nSPS) is 9.69. The van der Waals surface area contributed by atoms with Crippen LogP contribution < -0.4 is 0 Å². The van der Waals surface area contributed by atoms with Gasteiger partial charge in [-0.2, -0.15) is 0 Å². The van der Waals surface area contributed by atoms with Crippen molar-refractivity contribution in [1.82, 2.24) is 0 Å². The third-order valence-electron chi connectivity index (χ3n) is 1.64. The second-order valence-corrected chi connectivity index (χ2v) is 3.03. The smallest absolute Gasteiger partial charge is 0.338 e. The van der Waals surface area contributed by atoms with Crippen molar-refractivity contribution in [3.63, 3.8) is 0 Å². The highest BCUT2D eigenvalue weighted by Gasteiger charge is 2.10. The summed E-state index contributed by atoms with van der Waals surface area (Å²) in [4.78, 5) is 11.2. The van der Waals surface area contributed by atoms with Crippen LogP contribution >= 0.6 is 15.9 Å². The van der Waals surface area contributed by atoms with Gasteiger partial charge in [-0.1, -0.05) is 15.9 Å². The largest absolute Gasteiger partial charge is 0.508 e. The fraction of sp³-hybridized carbons (Fsp3) is 0.222. The van der Waals surface area contributed by atoms with Crippen LogP contribution in [0.4, 0.5) is 0 Å². The van der Waals surface area contributed by atoms with Gasteiger partial charge >= 0.3 is 5.97 Å². The van der Waals surface area contributed by atoms with Crippen LogP contribution in [0, 0.1) is 0 Å². The van der Waals surface area contributed by atoms with E-state index in [0.29, 0.717) is 16.5 Å². The van der Waals surface area contributed by atoms with E-state index < -0.39 is 5.97 Å². The SMILES string of the molecule is COC(=O)c1ccc(O)cc1CBr. The molecule has 3 nitrogen and oxygen atoms in total. The van der Waals surface area contributed by atoms with E-state index in [0.717, 1.165) is 0 Å². The molecule has 0 atom stereocenters. The molecule has 70 valence electrons. The number of alkyl halides is 1. The van der Waals surface area contributed by atoms with Gasteiger partial charge in [-0.3, -0.25) is 0 Å². The molecular weight excluding hydrogens is 236 g/mol. The van der Waals surface area contributed by atoms with Gasteiger partial charge < -0.3 is 9.84 Å². The van der Waals surface area contributed by atoms with Gasteiger partial charge in [0.1, 0.15) is 5.75 Å². The summed E-state index contributed by atoms with van der Waals surface area (Å²) in [6.45, 7) is 0. The Hall–Kier alpha value is -1.03. The zero-order chi connectivity index (χ0) is 9.84. The lowest BCUT2D eigenvalue weighted by Gasteiger charge is -2.04. The first-order chi connectivity index (χ1) is 6.19. The minimum atomic E-state index is -0.394. The second kappa shape index (κ2) is 4.28. The summed E-state index contributed by atoms with van der Waals surface area (Å²) in [5.74, 6) is -0.253. The van der Waals surface area contributed by atoms with Crippen molar-refractivity contribution in [2.75, 3.05) is 7.11 Å². The highest BCUT2D eigenvalue weighted by atomic mass is 79.9. The Bertz CT molecular complexity index is 323. The molecule has 0 unspecified atom stereocenters. The van der Waals surface area contributed by atoms with Crippen LogP contribution in [0.1, 0.15) is 15.9 Å². The molecule has 0 aliphatic heterocycles. The molecule has 0 saturated carbocycles. The van der Waals surface area contributed by atoms with Gasteiger partial charge in [0.2, 0.25) is 0 Å². The number of phenols is 1. The van der Waals surface area contributed by atoms with Crippen molar-refractivity contribution in [3.05, 3.63) is 29.3 Å². The van der Waals surface area contributed by atoms with Crippen LogP contribution in [-0.4, -0.2) is 18.2 Å². The lowest BCUT2D eigenvalue weighted by Crippen LogP contribution is -2.04. The van der Waals surface area contributed by atoms with Crippen LogP contribution in [0.5, 0.6) is 5.75 Å². The number of benzene rings is 1. The summed E-state index contributed by atoms with van der Waals surface area (Å²) >= 11 is 3.22. The minimum absolute atomic E-state index is 0.141. The van der Waals surface area contributed by atoms with E-state index in [4.69, 9.17) is 5.11 Å². The van der Waals surface area contributed by atoms with Crippen molar-refractivity contribution >= 4 is 21.9 Å². The zero-order valence-electron chi connectivity index (χ0n) is 7.08. The predicted molar refractivity (Wildman–Crippen MR) is 52.1 cm³/mol. The molecule has 0 bridgehead atoms. The van der Waals surface area contributed by atoms with Crippen LogP contribution in [0.2, 0.25) is 0 Å². The van der Waals surface area contributed by atoms with E-state index in [1.807, 2.05) is 0 Å². The summed E-state index contributed by atoms with van der Waals surface area (Å²) in [6, 6.07) is 4.52. The molecule has 0 radical (unpaired) electrons. The number of esters is 1. The van der Waals surface area contributed by atoms with Gasteiger partial charge in [-0.15, -0.1) is 0 Å². The van der Waals surface area contributed by atoms with Gasteiger partial charge in [-0.25, -0.2) is 4.79 Å². The fourth-order valence-electron chi connectivity index (χ4n) is 1.000. The van der Waals surface area contributed by atoms with Gasteiger partial charge in [0, 0.05) is 5.33 Å². The van der Waals surface area contributed by atoms with Crippen LogP contribution in [0.15, 0.2) is 18.2 Å². The van der Waals surface area contributed by atoms with Crippen molar-refractivity contribution in [2.45, 2.75) is 5.33 Å². The number of hydrogen-bond donors (Lipinski definition) is 1. The number of hydrogen-bond acceptors (Lipinski definition) is 3. The van der Waals surface area contributed by atoms with Gasteiger partial charge in [-0.05, 0) is 23.8 Å². The number of halogens is 1. The van der Waals surface area contributed by atoms with E-state index in [1.165, 1.54) is 25.3 Å². The zero-order valence-corrected chi connectivity index (χ0v) is 8.67. The van der Waals surface area contributed by atoms with Crippen molar-refractivity contribution < 1.29 is 14.6 Å². The standard InChI is InChI=1S/C9H9BrO3/c1-13-9(12)8-3-2-7(11)4-6(8)5-10/h2-4,11H,5H2,1H3. The molecule has 0 saturated heterocycles. The third-order valence-corrected chi connectivity index (χ3v) is 2.24. The summed E-state index contributed by atoms with van der Waals surface area (Å²) in [5.41, 5.74) is 1.18. The van der Waals surface area contributed by atoms with Crippen LogP contribution in [0.3, 0.4) is 0 Å². The topological polar surface area (TPSA) is 46.5 Å². The molecule has 0 amide bonds. The number of carbonyl (C=O) groups excluding carboxylic acids is 1. The molecule has 0 heterocycles. The first-order valence-corrected chi connectivity index (χ1v) is 4.77. The number of methoxy groups -OCH3 is 1. The lowest BCUT2D eigenvalue weighted by molar-refractivity contribution is 0.0600. The Kier molecular flexibility index (Phi) is 3.31. The maximum Gasteiger partial charge on any atom is 0.338 e. The van der Waals surface area contributed by atoms with E-state index in [-0.39, 0.29) is 5.75 Å². The number of ether oxygens (including phenoxy) is 1. The maximum atomic E-state index is 11.2. The molecule has 1 aromatic rings. The Balaban J connectivity index is 3.13. The molecule has 1 aromatic carbocycles. The van der Waals surface area contributed by atoms with E-state index in [1.54, 1.807) is 0 Å². The predicted octanol–water partition coefficient (Wildman–Crippen LogP) is 2.07. The van der Waals surface area contributed by atoms with Gasteiger partial charge in [0.15, 0.2) is 0 Å². The van der Waals surface area contributed by atoms with E-state index >= 15 is 0 Å². The molecule has 1 rings (SSSR count). The second-order valence-electron chi connectivity index (χ2n) is 2.47. The molecule has 0 aliphatic rings. The van der Waals surface area contributed by atoms with Crippen molar-refractivity contribution in [1.29, 1.82) is 0 Å². The molecule has 13 heavy (non-hydrogen) atoms. The minimum Gasteiger partial charge on any atom is -0.508 e. The Labute approximate surface area is 84.5 Å².